The second-order valence-corrected chi connectivity index (χ2v) is 5.51. The predicted molar refractivity (Wildman–Crippen MR) is 89.3 cm³/mol. The van der Waals surface area contributed by atoms with Gasteiger partial charge in [-0.1, -0.05) is 30.3 Å². The quantitative estimate of drug-likeness (QED) is 0.794. The fraction of sp³-hybridized carbons (Fsp3) is 0.316. The summed E-state index contributed by atoms with van der Waals surface area (Å²) in [4.78, 5) is 14.6. The molecule has 0 radical (unpaired) electrons. The number of nitrogens with zero attached hydrogens (tertiary/aromatic N) is 1. The molecule has 3 heteroatoms. The van der Waals surface area contributed by atoms with Crippen LogP contribution in [-0.4, -0.2) is 25.7 Å². The van der Waals surface area contributed by atoms with E-state index in [2.05, 4.69) is 11.0 Å². The van der Waals surface area contributed by atoms with Crippen LogP contribution < -0.4 is 4.90 Å². The molecule has 3 nitrogen and oxygen atoms in total. The van der Waals surface area contributed by atoms with E-state index in [1.807, 2.05) is 49.4 Å². The SMILES string of the molecule is CCOC(=O)c1ccc(N2CCCC2)cc1-c1ccccc1. The highest BCUT2D eigenvalue weighted by molar-refractivity contribution is 5.98. The third kappa shape index (κ3) is 2.98. The molecule has 0 unspecified atom stereocenters. The summed E-state index contributed by atoms with van der Waals surface area (Å²) in [6, 6.07) is 16.1. The standard InChI is InChI=1S/C19H21NO2/c1-2-22-19(21)17-11-10-16(20-12-6-7-13-20)14-18(17)15-8-4-3-5-9-15/h3-5,8-11,14H,2,6-7,12-13H2,1H3. The van der Waals surface area contributed by atoms with Gasteiger partial charge in [-0.3, -0.25) is 0 Å². The molecule has 0 bridgehead atoms. The summed E-state index contributed by atoms with van der Waals surface area (Å²) >= 11 is 0. The second kappa shape index (κ2) is 6.65. The smallest absolute Gasteiger partial charge is 0.338 e. The Kier molecular flexibility index (Phi) is 4.42. The monoisotopic (exact) mass is 295 g/mol. The van der Waals surface area contributed by atoms with Gasteiger partial charge in [-0.25, -0.2) is 4.79 Å². The van der Waals surface area contributed by atoms with Crippen molar-refractivity contribution in [3.05, 3.63) is 54.1 Å². The Morgan fingerprint density at radius 3 is 2.50 bits per heavy atom. The van der Waals surface area contributed by atoms with E-state index in [1.54, 1.807) is 0 Å². The van der Waals surface area contributed by atoms with E-state index in [4.69, 9.17) is 4.74 Å². The summed E-state index contributed by atoms with van der Waals surface area (Å²) in [7, 11) is 0. The van der Waals surface area contributed by atoms with Crippen LogP contribution in [0.25, 0.3) is 11.1 Å². The summed E-state index contributed by atoms with van der Waals surface area (Å²) in [5, 5.41) is 0. The van der Waals surface area contributed by atoms with E-state index in [0.29, 0.717) is 12.2 Å². The lowest BCUT2D eigenvalue weighted by molar-refractivity contribution is 0.0527. The molecular formula is C19H21NO2. The normalized spacial score (nSPS) is 14.1. The Hall–Kier alpha value is -2.29. The fourth-order valence-corrected chi connectivity index (χ4v) is 2.95. The Morgan fingerprint density at radius 1 is 1.09 bits per heavy atom. The zero-order valence-corrected chi connectivity index (χ0v) is 12.9. The van der Waals surface area contributed by atoms with Crippen molar-refractivity contribution in [2.75, 3.05) is 24.6 Å². The molecule has 0 amide bonds. The minimum Gasteiger partial charge on any atom is -0.462 e. The van der Waals surface area contributed by atoms with E-state index < -0.39 is 0 Å². The average Bonchev–Trinajstić information content (AvgIpc) is 3.10. The highest BCUT2D eigenvalue weighted by Crippen LogP contribution is 2.30. The lowest BCUT2D eigenvalue weighted by Crippen LogP contribution is -2.18. The number of carbonyl (C=O) groups excluding carboxylic acids is 1. The van der Waals surface area contributed by atoms with Gasteiger partial charge in [-0.2, -0.15) is 0 Å². The molecule has 0 N–H and O–H groups in total. The van der Waals surface area contributed by atoms with Crippen molar-refractivity contribution in [3.63, 3.8) is 0 Å². The summed E-state index contributed by atoms with van der Waals surface area (Å²) in [6.07, 6.45) is 2.47. The van der Waals surface area contributed by atoms with Gasteiger partial charge < -0.3 is 9.64 Å². The molecule has 0 saturated carbocycles. The summed E-state index contributed by atoms with van der Waals surface area (Å²) in [5.41, 5.74) is 3.82. The number of carbonyl (C=O) groups is 1. The van der Waals surface area contributed by atoms with E-state index >= 15 is 0 Å². The van der Waals surface area contributed by atoms with Crippen LogP contribution in [0.2, 0.25) is 0 Å². The molecule has 1 heterocycles. The first kappa shape index (κ1) is 14.6. The second-order valence-electron chi connectivity index (χ2n) is 5.51. The van der Waals surface area contributed by atoms with Crippen molar-refractivity contribution in [1.82, 2.24) is 0 Å². The highest BCUT2D eigenvalue weighted by atomic mass is 16.5. The van der Waals surface area contributed by atoms with Crippen molar-refractivity contribution in [1.29, 1.82) is 0 Å². The van der Waals surface area contributed by atoms with Crippen LogP contribution in [0.1, 0.15) is 30.1 Å². The molecule has 0 aromatic heterocycles. The summed E-state index contributed by atoms with van der Waals surface area (Å²) in [6.45, 7) is 4.40. The number of rotatable bonds is 4. The van der Waals surface area contributed by atoms with Crippen LogP contribution in [0.5, 0.6) is 0 Å². The molecule has 1 aliphatic heterocycles. The van der Waals surface area contributed by atoms with Crippen LogP contribution in [0.3, 0.4) is 0 Å². The van der Waals surface area contributed by atoms with Gasteiger partial charge in [0, 0.05) is 18.8 Å². The Labute approximate surface area is 131 Å². The maximum atomic E-state index is 12.2. The molecule has 2 aromatic carbocycles. The minimum absolute atomic E-state index is 0.255. The first-order chi connectivity index (χ1) is 10.8. The van der Waals surface area contributed by atoms with Gasteiger partial charge >= 0.3 is 5.97 Å². The number of esters is 1. The number of anilines is 1. The van der Waals surface area contributed by atoms with Gasteiger partial charge in [-0.15, -0.1) is 0 Å². The van der Waals surface area contributed by atoms with Crippen LogP contribution in [-0.2, 0) is 4.74 Å². The van der Waals surface area contributed by atoms with Crippen molar-refractivity contribution in [3.8, 4) is 11.1 Å². The van der Waals surface area contributed by atoms with Crippen molar-refractivity contribution in [2.24, 2.45) is 0 Å². The van der Waals surface area contributed by atoms with E-state index in [1.165, 1.54) is 18.5 Å². The maximum absolute atomic E-state index is 12.2. The lowest BCUT2D eigenvalue weighted by atomic mass is 9.98. The Morgan fingerprint density at radius 2 is 1.82 bits per heavy atom. The highest BCUT2D eigenvalue weighted by Gasteiger charge is 2.18. The molecule has 0 atom stereocenters. The summed E-state index contributed by atoms with van der Waals surface area (Å²) in [5.74, 6) is -0.255. The lowest BCUT2D eigenvalue weighted by Gasteiger charge is -2.20. The first-order valence-corrected chi connectivity index (χ1v) is 7.91. The average molecular weight is 295 g/mol. The van der Waals surface area contributed by atoms with Crippen LogP contribution >= 0.6 is 0 Å². The molecule has 1 saturated heterocycles. The van der Waals surface area contributed by atoms with E-state index in [-0.39, 0.29) is 5.97 Å². The molecule has 1 fully saturated rings. The van der Waals surface area contributed by atoms with Gasteiger partial charge in [0.2, 0.25) is 0 Å². The van der Waals surface area contributed by atoms with Crippen molar-refractivity contribution in [2.45, 2.75) is 19.8 Å². The number of hydrogen-bond donors (Lipinski definition) is 0. The van der Waals surface area contributed by atoms with Gasteiger partial charge in [0.25, 0.3) is 0 Å². The topological polar surface area (TPSA) is 29.5 Å². The van der Waals surface area contributed by atoms with E-state index in [0.717, 1.165) is 24.2 Å². The largest absolute Gasteiger partial charge is 0.462 e. The molecule has 22 heavy (non-hydrogen) atoms. The molecule has 2 aromatic rings. The van der Waals surface area contributed by atoms with Crippen LogP contribution in [0.4, 0.5) is 5.69 Å². The van der Waals surface area contributed by atoms with Crippen LogP contribution in [0.15, 0.2) is 48.5 Å². The van der Waals surface area contributed by atoms with Crippen molar-refractivity contribution < 1.29 is 9.53 Å². The van der Waals surface area contributed by atoms with Gasteiger partial charge in [0.1, 0.15) is 0 Å². The molecule has 0 aliphatic carbocycles. The van der Waals surface area contributed by atoms with E-state index in [9.17, 15) is 4.79 Å². The third-order valence-corrected chi connectivity index (χ3v) is 4.05. The predicted octanol–water partition coefficient (Wildman–Crippen LogP) is 4.13. The Balaban J connectivity index is 2.04. The third-order valence-electron chi connectivity index (χ3n) is 4.05. The first-order valence-electron chi connectivity index (χ1n) is 7.91. The zero-order valence-electron chi connectivity index (χ0n) is 12.9. The van der Waals surface area contributed by atoms with Crippen LogP contribution in [0, 0.1) is 0 Å². The minimum atomic E-state index is -0.255. The van der Waals surface area contributed by atoms with Crippen molar-refractivity contribution >= 4 is 11.7 Å². The fourth-order valence-electron chi connectivity index (χ4n) is 2.95. The Bertz CT molecular complexity index is 646. The number of benzene rings is 2. The number of ether oxygens (including phenoxy) is 1. The zero-order chi connectivity index (χ0) is 15.4. The number of hydrogen-bond acceptors (Lipinski definition) is 3. The van der Waals surface area contributed by atoms with Gasteiger partial charge in [-0.05, 0) is 49.1 Å². The molecule has 1 aliphatic rings. The summed E-state index contributed by atoms with van der Waals surface area (Å²) < 4.78 is 5.20. The van der Waals surface area contributed by atoms with Gasteiger partial charge in [0.15, 0.2) is 0 Å². The molecule has 3 rings (SSSR count). The van der Waals surface area contributed by atoms with Gasteiger partial charge in [0.05, 0.1) is 12.2 Å². The maximum Gasteiger partial charge on any atom is 0.338 e. The molecular weight excluding hydrogens is 274 g/mol. The molecule has 0 spiro atoms. The molecule has 114 valence electrons.